The summed E-state index contributed by atoms with van der Waals surface area (Å²) >= 11 is 10.2. The summed E-state index contributed by atoms with van der Waals surface area (Å²) in [4.78, 5) is 18.0. The fourth-order valence-electron chi connectivity index (χ4n) is 4.31. The van der Waals surface area contributed by atoms with Crippen LogP contribution in [0.25, 0.3) is 22.3 Å². The Bertz CT molecular complexity index is 1890. The van der Waals surface area contributed by atoms with Gasteiger partial charge in [-0.25, -0.2) is 4.98 Å². The predicted molar refractivity (Wildman–Crippen MR) is 165 cm³/mol. The van der Waals surface area contributed by atoms with Gasteiger partial charge >= 0.3 is 6.18 Å². The van der Waals surface area contributed by atoms with Crippen LogP contribution in [0.2, 0.25) is 5.02 Å². The van der Waals surface area contributed by atoms with Gasteiger partial charge in [-0.2, -0.15) is 22.9 Å². The third kappa shape index (κ3) is 6.60. The lowest BCUT2D eigenvalue weighted by molar-refractivity contribution is -0.137. The molecule has 6 nitrogen and oxygen atoms in total. The van der Waals surface area contributed by atoms with Gasteiger partial charge in [0.2, 0.25) is 0 Å². The van der Waals surface area contributed by atoms with Gasteiger partial charge in [-0.05, 0) is 65.7 Å². The number of rotatable bonds is 8. The van der Waals surface area contributed by atoms with E-state index in [0.29, 0.717) is 33.7 Å². The molecule has 0 aliphatic rings. The van der Waals surface area contributed by atoms with E-state index in [0.717, 1.165) is 27.9 Å². The van der Waals surface area contributed by atoms with Crippen molar-refractivity contribution in [2.45, 2.75) is 26.6 Å². The molecule has 0 aliphatic carbocycles. The van der Waals surface area contributed by atoms with E-state index in [9.17, 15) is 18.0 Å². The highest BCUT2D eigenvalue weighted by Gasteiger charge is 2.31. The first-order valence-electron chi connectivity index (χ1n) is 13.1. The summed E-state index contributed by atoms with van der Waals surface area (Å²) in [6.07, 6.45) is -3.22. The van der Waals surface area contributed by atoms with E-state index in [1.807, 2.05) is 38.1 Å². The van der Waals surface area contributed by atoms with Crippen LogP contribution in [0.3, 0.4) is 0 Å². The summed E-state index contributed by atoms with van der Waals surface area (Å²) in [7, 11) is 0. The molecule has 0 saturated heterocycles. The fourth-order valence-corrected chi connectivity index (χ4v) is 4.96. The number of nitrogens with zero attached hydrogens (tertiary/aromatic N) is 3. The van der Waals surface area contributed by atoms with Crippen molar-refractivity contribution in [3.05, 3.63) is 121 Å². The highest BCUT2D eigenvalue weighted by atomic mass is 79.9. The summed E-state index contributed by atoms with van der Waals surface area (Å²) in [5.74, 6) is 0.616. The first-order chi connectivity index (χ1) is 20.6. The van der Waals surface area contributed by atoms with E-state index in [-0.39, 0.29) is 28.4 Å². The standard InChI is InChI=1S/C32H24BrClF3N3O3/c1-3-42-26-16-22(27(33)28(34)29(26)43-18-20-13-11-19(2)12-14-20)17-38-40-30(21-7-6-8-23(15-21)32(35,36)37)39-25-10-5-4-9-24(25)31(40)41/h4-17H,3,18H2,1-2H3. The molecular weight excluding hydrogens is 647 g/mol. The smallest absolute Gasteiger partial charge is 0.416 e. The molecule has 11 heteroatoms. The second-order valence-electron chi connectivity index (χ2n) is 9.52. The van der Waals surface area contributed by atoms with Crippen molar-refractivity contribution < 1.29 is 22.6 Å². The van der Waals surface area contributed by atoms with Gasteiger partial charge in [-0.15, -0.1) is 0 Å². The molecule has 0 saturated carbocycles. The van der Waals surface area contributed by atoms with Crippen molar-refractivity contribution in [3.8, 4) is 22.9 Å². The Hall–Kier alpha value is -4.15. The number of ether oxygens (including phenoxy) is 2. The molecule has 0 aliphatic heterocycles. The van der Waals surface area contributed by atoms with Gasteiger partial charge in [0.25, 0.3) is 5.56 Å². The number of fused-ring (bicyclic) bond motifs is 1. The number of hydrogen-bond acceptors (Lipinski definition) is 5. The number of hydrogen-bond donors (Lipinski definition) is 0. The number of halogens is 5. The van der Waals surface area contributed by atoms with E-state index in [4.69, 9.17) is 21.1 Å². The fraction of sp³-hybridized carbons (Fsp3) is 0.156. The molecule has 0 bridgehead atoms. The largest absolute Gasteiger partial charge is 0.490 e. The second-order valence-corrected chi connectivity index (χ2v) is 10.7. The van der Waals surface area contributed by atoms with E-state index >= 15 is 0 Å². The van der Waals surface area contributed by atoms with E-state index in [1.165, 1.54) is 18.3 Å². The molecule has 0 fully saturated rings. The van der Waals surface area contributed by atoms with Crippen LogP contribution in [-0.2, 0) is 12.8 Å². The second kappa shape index (κ2) is 12.6. The Morgan fingerprint density at radius 1 is 1.02 bits per heavy atom. The molecule has 0 N–H and O–H groups in total. The molecular formula is C32H24BrClF3N3O3. The number of benzene rings is 4. The van der Waals surface area contributed by atoms with Crippen LogP contribution in [0, 0.1) is 6.92 Å². The average molecular weight is 671 g/mol. The van der Waals surface area contributed by atoms with Crippen molar-refractivity contribution in [2.75, 3.05) is 6.61 Å². The number of aromatic nitrogens is 2. The molecule has 43 heavy (non-hydrogen) atoms. The summed E-state index contributed by atoms with van der Waals surface area (Å²) in [5, 5.41) is 4.86. The molecule has 0 atom stereocenters. The van der Waals surface area contributed by atoms with Crippen LogP contribution >= 0.6 is 27.5 Å². The Balaban J connectivity index is 1.59. The lowest BCUT2D eigenvalue weighted by atomic mass is 10.1. The molecule has 0 radical (unpaired) electrons. The van der Waals surface area contributed by atoms with E-state index in [2.05, 4.69) is 26.0 Å². The van der Waals surface area contributed by atoms with Crippen LogP contribution in [0.4, 0.5) is 13.2 Å². The maximum Gasteiger partial charge on any atom is 0.416 e. The normalized spacial score (nSPS) is 11.8. The van der Waals surface area contributed by atoms with Crippen molar-refractivity contribution in [3.63, 3.8) is 0 Å². The van der Waals surface area contributed by atoms with Crippen molar-refractivity contribution >= 4 is 44.6 Å². The maximum absolute atomic E-state index is 13.5. The number of alkyl halides is 3. The van der Waals surface area contributed by atoms with Crippen LogP contribution < -0.4 is 15.0 Å². The SMILES string of the molecule is CCOc1cc(C=Nn2c(-c3cccc(C(F)(F)F)c3)nc3ccccc3c2=O)c(Br)c(Cl)c1OCc1ccc(C)cc1. The molecule has 4 aromatic carbocycles. The first kappa shape index (κ1) is 30.3. The van der Waals surface area contributed by atoms with Gasteiger partial charge in [0.15, 0.2) is 17.3 Å². The van der Waals surface area contributed by atoms with Crippen molar-refractivity contribution in [1.82, 2.24) is 9.66 Å². The predicted octanol–water partition coefficient (Wildman–Crippen LogP) is 8.67. The van der Waals surface area contributed by atoms with Crippen LogP contribution in [0.15, 0.2) is 93.2 Å². The van der Waals surface area contributed by atoms with Crippen LogP contribution in [0.5, 0.6) is 11.5 Å². The monoisotopic (exact) mass is 669 g/mol. The molecule has 5 aromatic rings. The van der Waals surface area contributed by atoms with Gasteiger partial charge in [0.1, 0.15) is 11.6 Å². The molecule has 1 aromatic heterocycles. The zero-order valence-corrected chi connectivity index (χ0v) is 25.3. The zero-order valence-electron chi connectivity index (χ0n) is 23.0. The third-order valence-electron chi connectivity index (χ3n) is 6.47. The minimum Gasteiger partial charge on any atom is -0.490 e. The summed E-state index contributed by atoms with van der Waals surface area (Å²) in [6, 6.07) is 20.7. The summed E-state index contributed by atoms with van der Waals surface area (Å²) in [6.45, 7) is 4.38. The first-order valence-corrected chi connectivity index (χ1v) is 14.3. The van der Waals surface area contributed by atoms with Crippen LogP contribution in [-0.4, -0.2) is 22.5 Å². The number of aryl methyl sites for hydroxylation is 1. The minimum atomic E-state index is -4.58. The number of para-hydroxylation sites is 1. The average Bonchev–Trinajstić information content (AvgIpc) is 2.99. The molecule has 5 rings (SSSR count). The van der Waals surface area contributed by atoms with Gasteiger partial charge in [0, 0.05) is 15.6 Å². The summed E-state index contributed by atoms with van der Waals surface area (Å²) < 4.78 is 53.8. The highest BCUT2D eigenvalue weighted by molar-refractivity contribution is 9.10. The summed E-state index contributed by atoms with van der Waals surface area (Å²) in [5.41, 5.74) is 1.47. The minimum absolute atomic E-state index is 0.0589. The lowest BCUT2D eigenvalue weighted by Gasteiger charge is -2.16. The zero-order chi connectivity index (χ0) is 30.7. The highest BCUT2D eigenvalue weighted by Crippen LogP contribution is 2.43. The Labute approximate surface area is 258 Å². The molecule has 0 amide bonds. The third-order valence-corrected chi connectivity index (χ3v) is 7.92. The van der Waals surface area contributed by atoms with Gasteiger partial charge in [-0.1, -0.05) is 65.7 Å². The van der Waals surface area contributed by atoms with Gasteiger partial charge < -0.3 is 9.47 Å². The van der Waals surface area contributed by atoms with Crippen molar-refractivity contribution in [1.29, 1.82) is 0 Å². The molecule has 220 valence electrons. The van der Waals surface area contributed by atoms with Gasteiger partial charge in [0.05, 0.1) is 29.3 Å². The lowest BCUT2D eigenvalue weighted by Crippen LogP contribution is -2.20. The maximum atomic E-state index is 13.5. The molecule has 1 heterocycles. The Morgan fingerprint density at radius 3 is 2.49 bits per heavy atom. The van der Waals surface area contributed by atoms with Gasteiger partial charge in [-0.3, -0.25) is 4.79 Å². The molecule has 0 unspecified atom stereocenters. The van der Waals surface area contributed by atoms with Crippen molar-refractivity contribution in [2.24, 2.45) is 5.10 Å². The van der Waals surface area contributed by atoms with E-state index < -0.39 is 17.3 Å². The Kier molecular flexibility index (Phi) is 8.89. The van der Waals surface area contributed by atoms with Crippen LogP contribution in [0.1, 0.15) is 29.2 Å². The quantitative estimate of drug-likeness (QED) is 0.155. The molecule has 0 spiro atoms. The topological polar surface area (TPSA) is 65.7 Å². The van der Waals surface area contributed by atoms with E-state index in [1.54, 1.807) is 30.3 Å². The Morgan fingerprint density at radius 2 is 1.77 bits per heavy atom.